The second-order valence-electron chi connectivity index (χ2n) is 6.19. The van der Waals surface area contributed by atoms with Crippen LogP contribution >= 0.6 is 11.3 Å². The van der Waals surface area contributed by atoms with Gasteiger partial charge in [-0.2, -0.15) is 0 Å². The van der Waals surface area contributed by atoms with Crippen LogP contribution in [-0.4, -0.2) is 20.3 Å². The van der Waals surface area contributed by atoms with Crippen molar-refractivity contribution in [2.75, 3.05) is 0 Å². The molecular formula is C18H19N3OS. The van der Waals surface area contributed by atoms with Gasteiger partial charge in [-0.1, -0.05) is 12.1 Å². The Hall–Kier alpha value is -1.98. The number of rotatable bonds is 5. The topological polar surface area (TPSA) is 37.6 Å². The maximum atomic E-state index is 12.3. The third-order valence-corrected chi connectivity index (χ3v) is 5.17. The number of hydrogen-bond donors (Lipinski definition) is 0. The van der Waals surface area contributed by atoms with E-state index in [1.807, 2.05) is 19.1 Å². The summed E-state index contributed by atoms with van der Waals surface area (Å²) in [5.41, 5.74) is 2.66. The Morgan fingerprint density at radius 3 is 2.91 bits per heavy atom. The van der Waals surface area contributed by atoms with Gasteiger partial charge in [0, 0.05) is 36.3 Å². The van der Waals surface area contributed by atoms with Gasteiger partial charge in [0.25, 0.3) is 5.56 Å². The number of thiophene rings is 1. The van der Waals surface area contributed by atoms with Crippen molar-refractivity contribution in [2.45, 2.75) is 38.9 Å². The highest BCUT2D eigenvalue weighted by molar-refractivity contribution is 7.09. The highest BCUT2D eigenvalue weighted by Gasteiger charge is 2.29. The fraction of sp³-hybridized carbons (Fsp3) is 0.333. The standard InChI is InChI=1S/C18H19N3OS/c1-13-4-2-8-21-17(22)10-14(19-18(13)21)11-20(15-6-7-15)12-16-5-3-9-23-16/h2-5,8-10,15H,6-7,11-12H2,1H3. The lowest BCUT2D eigenvalue weighted by Gasteiger charge is -2.21. The van der Waals surface area contributed by atoms with Gasteiger partial charge in [-0.05, 0) is 42.8 Å². The van der Waals surface area contributed by atoms with Crippen molar-refractivity contribution in [3.63, 3.8) is 0 Å². The van der Waals surface area contributed by atoms with E-state index in [1.165, 1.54) is 17.7 Å². The Bertz CT molecular complexity index is 881. The van der Waals surface area contributed by atoms with E-state index >= 15 is 0 Å². The summed E-state index contributed by atoms with van der Waals surface area (Å²) in [6.07, 6.45) is 4.28. The molecule has 118 valence electrons. The number of nitrogens with zero attached hydrogens (tertiary/aromatic N) is 3. The average Bonchev–Trinajstić information content (AvgIpc) is 3.26. The van der Waals surface area contributed by atoms with Crippen molar-refractivity contribution in [2.24, 2.45) is 0 Å². The van der Waals surface area contributed by atoms with Crippen molar-refractivity contribution >= 4 is 17.0 Å². The van der Waals surface area contributed by atoms with Gasteiger partial charge in [0.05, 0.1) is 5.69 Å². The van der Waals surface area contributed by atoms with Crippen LogP contribution in [-0.2, 0) is 13.1 Å². The summed E-state index contributed by atoms with van der Waals surface area (Å²) in [6.45, 7) is 3.68. The zero-order valence-corrected chi connectivity index (χ0v) is 13.9. The zero-order valence-electron chi connectivity index (χ0n) is 13.1. The first-order valence-electron chi connectivity index (χ1n) is 7.95. The smallest absolute Gasteiger partial charge is 0.258 e. The lowest BCUT2D eigenvalue weighted by atomic mass is 10.2. The van der Waals surface area contributed by atoms with E-state index in [2.05, 4.69) is 22.4 Å². The molecule has 0 aliphatic heterocycles. The third kappa shape index (κ3) is 3.07. The van der Waals surface area contributed by atoms with Crippen molar-refractivity contribution < 1.29 is 0 Å². The first-order valence-corrected chi connectivity index (χ1v) is 8.83. The van der Waals surface area contributed by atoms with E-state index in [-0.39, 0.29) is 5.56 Å². The Kier molecular flexibility index (Phi) is 3.75. The number of pyridine rings is 1. The summed E-state index contributed by atoms with van der Waals surface area (Å²) in [7, 11) is 0. The monoisotopic (exact) mass is 325 g/mol. The molecule has 0 amide bonds. The maximum absolute atomic E-state index is 12.3. The predicted octanol–water partition coefficient (Wildman–Crippen LogP) is 3.23. The van der Waals surface area contributed by atoms with Gasteiger partial charge in [0.15, 0.2) is 0 Å². The Balaban J connectivity index is 1.65. The minimum absolute atomic E-state index is 0.000528. The molecule has 0 spiro atoms. The molecule has 1 saturated carbocycles. The molecule has 0 unspecified atom stereocenters. The van der Waals surface area contributed by atoms with E-state index in [9.17, 15) is 4.79 Å². The third-order valence-electron chi connectivity index (χ3n) is 4.31. The van der Waals surface area contributed by atoms with Crippen LogP contribution in [0.4, 0.5) is 0 Å². The largest absolute Gasteiger partial charge is 0.289 e. The van der Waals surface area contributed by atoms with Crippen LogP contribution in [0, 0.1) is 6.92 Å². The zero-order chi connectivity index (χ0) is 15.8. The van der Waals surface area contributed by atoms with E-state index < -0.39 is 0 Å². The molecule has 0 radical (unpaired) electrons. The molecule has 4 rings (SSSR count). The molecule has 0 bridgehead atoms. The Morgan fingerprint density at radius 2 is 2.17 bits per heavy atom. The van der Waals surface area contributed by atoms with Crippen LogP contribution in [0.5, 0.6) is 0 Å². The van der Waals surface area contributed by atoms with Crippen LogP contribution < -0.4 is 5.56 Å². The highest BCUT2D eigenvalue weighted by Crippen LogP contribution is 2.30. The molecule has 3 aromatic heterocycles. The summed E-state index contributed by atoms with van der Waals surface area (Å²) >= 11 is 1.79. The van der Waals surface area contributed by atoms with Crippen molar-refractivity contribution in [3.8, 4) is 0 Å². The summed E-state index contributed by atoms with van der Waals surface area (Å²) in [4.78, 5) is 20.9. The van der Waals surface area contributed by atoms with Gasteiger partial charge in [-0.25, -0.2) is 4.98 Å². The fourth-order valence-corrected chi connectivity index (χ4v) is 3.68. The normalized spacial score (nSPS) is 14.7. The molecule has 1 fully saturated rings. The lowest BCUT2D eigenvalue weighted by Crippen LogP contribution is -2.27. The Morgan fingerprint density at radius 1 is 1.30 bits per heavy atom. The summed E-state index contributed by atoms with van der Waals surface area (Å²) in [6, 6.07) is 10.5. The maximum Gasteiger partial charge on any atom is 0.258 e. The average molecular weight is 325 g/mol. The number of aromatic nitrogens is 2. The van der Waals surface area contributed by atoms with E-state index in [0.29, 0.717) is 6.04 Å². The van der Waals surface area contributed by atoms with E-state index in [4.69, 9.17) is 4.98 Å². The summed E-state index contributed by atoms with van der Waals surface area (Å²) in [5, 5.41) is 2.12. The molecule has 0 N–H and O–H groups in total. The SMILES string of the molecule is Cc1cccn2c(=O)cc(CN(Cc3cccs3)C3CC3)nc12. The van der Waals surface area contributed by atoms with E-state index in [1.54, 1.807) is 28.0 Å². The second kappa shape index (κ2) is 5.91. The van der Waals surface area contributed by atoms with Gasteiger partial charge < -0.3 is 0 Å². The van der Waals surface area contributed by atoms with Crippen molar-refractivity contribution in [1.82, 2.24) is 14.3 Å². The van der Waals surface area contributed by atoms with Gasteiger partial charge in [0.2, 0.25) is 0 Å². The molecule has 0 aromatic carbocycles. The quantitative estimate of drug-likeness (QED) is 0.723. The minimum atomic E-state index is 0.000528. The molecule has 1 aliphatic carbocycles. The van der Waals surface area contributed by atoms with Crippen LogP contribution in [0.3, 0.4) is 0 Å². The van der Waals surface area contributed by atoms with Crippen molar-refractivity contribution in [3.05, 3.63) is 68.4 Å². The van der Waals surface area contributed by atoms with Crippen LogP contribution in [0.25, 0.3) is 5.65 Å². The fourth-order valence-electron chi connectivity index (χ4n) is 2.95. The molecular weight excluding hydrogens is 306 g/mol. The minimum Gasteiger partial charge on any atom is -0.289 e. The van der Waals surface area contributed by atoms with E-state index in [0.717, 1.165) is 30.0 Å². The molecule has 23 heavy (non-hydrogen) atoms. The Labute approximate surface area is 139 Å². The summed E-state index contributed by atoms with van der Waals surface area (Å²) < 4.78 is 1.62. The molecule has 0 saturated heterocycles. The molecule has 1 aliphatic rings. The molecule has 0 atom stereocenters. The van der Waals surface area contributed by atoms with Crippen LogP contribution in [0.2, 0.25) is 0 Å². The summed E-state index contributed by atoms with van der Waals surface area (Å²) in [5.74, 6) is 0. The van der Waals surface area contributed by atoms with Gasteiger partial charge in [0.1, 0.15) is 5.65 Å². The van der Waals surface area contributed by atoms with Crippen molar-refractivity contribution in [1.29, 1.82) is 0 Å². The lowest BCUT2D eigenvalue weighted by molar-refractivity contribution is 0.245. The molecule has 3 aromatic rings. The molecule has 5 heteroatoms. The number of aryl methyl sites for hydroxylation is 1. The van der Waals surface area contributed by atoms with Gasteiger partial charge >= 0.3 is 0 Å². The highest BCUT2D eigenvalue weighted by atomic mass is 32.1. The van der Waals surface area contributed by atoms with Crippen LogP contribution in [0.1, 0.15) is 29.0 Å². The predicted molar refractivity (Wildman–Crippen MR) is 92.8 cm³/mol. The molecule has 4 nitrogen and oxygen atoms in total. The number of fused-ring (bicyclic) bond motifs is 1. The van der Waals surface area contributed by atoms with Gasteiger partial charge in [-0.15, -0.1) is 11.3 Å². The second-order valence-corrected chi connectivity index (χ2v) is 7.22. The molecule has 3 heterocycles. The first-order chi connectivity index (χ1) is 11.2. The van der Waals surface area contributed by atoms with Gasteiger partial charge in [-0.3, -0.25) is 14.1 Å². The van der Waals surface area contributed by atoms with Crippen LogP contribution in [0.15, 0.2) is 46.7 Å². The first kappa shape index (κ1) is 14.6. The number of hydrogen-bond acceptors (Lipinski definition) is 4.